The third kappa shape index (κ3) is 3.25. The topological polar surface area (TPSA) is 63.6 Å². The van der Waals surface area contributed by atoms with Gasteiger partial charge in [0.05, 0.1) is 12.9 Å². The number of rotatable bonds is 3. The predicted molar refractivity (Wildman–Crippen MR) is 48.8 cm³/mol. The molecule has 1 saturated carbocycles. The van der Waals surface area contributed by atoms with Crippen LogP contribution >= 0.6 is 0 Å². The molecule has 0 spiro atoms. The average Bonchev–Trinajstić information content (AvgIpc) is 2.03. The maximum Gasteiger partial charge on any atom is 0.265 e. The summed E-state index contributed by atoms with van der Waals surface area (Å²) in [7, 11) is -3.45. The molecule has 5 heteroatoms. The highest BCUT2D eigenvalue weighted by Crippen LogP contribution is 2.32. The van der Waals surface area contributed by atoms with E-state index in [1.54, 1.807) is 0 Å². The van der Waals surface area contributed by atoms with Crippen molar-refractivity contribution in [3.05, 3.63) is 0 Å². The van der Waals surface area contributed by atoms with Crippen LogP contribution in [0.25, 0.3) is 0 Å². The molecular weight excluding hydrogens is 192 g/mol. The van der Waals surface area contributed by atoms with Gasteiger partial charge in [0.1, 0.15) is 5.60 Å². The first-order valence-electron chi connectivity index (χ1n) is 4.49. The van der Waals surface area contributed by atoms with Gasteiger partial charge in [0.2, 0.25) is 0 Å². The predicted octanol–water partition coefficient (Wildman–Crippen LogP) is 0.658. The minimum atomic E-state index is -3.45. The molecule has 0 aromatic carbocycles. The molecule has 1 N–H and O–H groups in total. The SMILES string of the molecule is CS(=O)(=O)OC1(CO)CCCCC1. The molecule has 0 aromatic rings. The van der Waals surface area contributed by atoms with E-state index in [-0.39, 0.29) is 6.61 Å². The maximum absolute atomic E-state index is 10.9. The Bertz CT molecular complexity index is 251. The summed E-state index contributed by atoms with van der Waals surface area (Å²) < 4.78 is 26.8. The summed E-state index contributed by atoms with van der Waals surface area (Å²) in [6.45, 7) is -0.208. The lowest BCUT2D eigenvalue weighted by atomic mass is 9.86. The molecule has 1 fully saturated rings. The first-order chi connectivity index (χ1) is 5.97. The van der Waals surface area contributed by atoms with E-state index in [1.807, 2.05) is 0 Å². The van der Waals surface area contributed by atoms with Gasteiger partial charge in [0.15, 0.2) is 0 Å². The van der Waals surface area contributed by atoms with Gasteiger partial charge in [-0.05, 0) is 12.8 Å². The Morgan fingerprint density at radius 3 is 2.23 bits per heavy atom. The van der Waals surface area contributed by atoms with E-state index in [1.165, 1.54) is 0 Å². The van der Waals surface area contributed by atoms with Crippen LogP contribution in [0.4, 0.5) is 0 Å². The molecule has 4 nitrogen and oxygen atoms in total. The Morgan fingerprint density at radius 2 is 1.85 bits per heavy atom. The van der Waals surface area contributed by atoms with Crippen molar-refractivity contribution in [3.63, 3.8) is 0 Å². The molecule has 13 heavy (non-hydrogen) atoms. The van der Waals surface area contributed by atoms with Crippen molar-refractivity contribution in [2.75, 3.05) is 12.9 Å². The quantitative estimate of drug-likeness (QED) is 0.692. The number of aliphatic hydroxyl groups is 1. The van der Waals surface area contributed by atoms with Crippen LogP contribution in [0.5, 0.6) is 0 Å². The van der Waals surface area contributed by atoms with Crippen LogP contribution in [-0.2, 0) is 14.3 Å². The van der Waals surface area contributed by atoms with Crippen LogP contribution in [-0.4, -0.2) is 32.0 Å². The standard InChI is InChI=1S/C8H16O4S/c1-13(10,11)12-8(7-9)5-3-2-4-6-8/h9H,2-7H2,1H3. The van der Waals surface area contributed by atoms with Gasteiger partial charge in [0.25, 0.3) is 10.1 Å². The summed E-state index contributed by atoms with van der Waals surface area (Å²) in [4.78, 5) is 0. The lowest BCUT2D eigenvalue weighted by Crippen LogP contribution is -2.40. The largest absolute Gasteiger partial charge is 0.393 e. The third-order valence-corrected chi connectivity index (χ3v) is 3.04. The Hall–Kier alpha value is -0.130. The zero-order chi connectivity index (χ0) is 9.95. The van der Waals surface area contributed by atoms with Gasteiger partial charge in [0, 0.05) is 0 Å². The van der Waals surface area contributed by atoms with Gasteiger partial charge in [-0.3, -0.25) is 4.18 Å². The minimum Gasteiger partial charge on any atom is -0.393 e. The number of hydrogen-bond acceptors (Lipinski definition) is 4. The van der Waals surface area contributed by atoms with Crippen molar-refractivity contribution in [2.45, 2.75) is 37.7 Å². The first kappa shape index (κ1) is 10.9. The van der Waals surface area contributed by atoms with Crippen molar-refractivity contribution in [1.82, 2.24) is 0 Å². The molecule has 1 aliphatic rings. The van der Waals surface area contributed by atoms with E-state index in [0.717, 1.165) is 25.5 Å². The van der Waals surface area contributed by atoms with Crippen molar-refractivity contribution in [1.29, 1.82) is 0 Å². The van der Waals surface area contributed by atoms with Crippen molar-refractivity contribution in [2.24, 2.45) is 0 Å². The Morgan fingerprint density at radius 1 is 1.31 bits per heavy atom. The van der Waals surface area contributed by atoms with Gasteiger partial charge in [-0.15, -0.1) is 0 Å². The monoisotopic (exact) mass is 208 g/mol. The van der Waals surface area contributed by atoms with E-state index in [2.05, 4.69) is 0 Å². The Kier molecular flexibility index (Phi) is 3.32. The molecule has 1 aliphatic carbocycles. The molecule has 0 aromatic heterocycles. The van der Waals surface area contributed by atoms with Crippen LogP contribution in [0.3, 0.4) is 0 Å². The molecule has 78 valence electrons. The Balaban J connectivity index is 2.68. The van der Waals surface area contributed by atoms with E-state index in [4.69, 9.17) is 9.29 Å². The second kappa shape index (κ2) is 3.94. The summed E-state index contributed by atoms with van der Waals surface area (Å²) >= 11 is 0. The lowest BCUT2D eigenvalue weighted by Gasteiger charge is -2.33. The summed E-state index contributed by atoms with van der Waals surface area (Å²) in [5.41, 5.74) is -0.828. The zero-order valence-electron chi connectivity index (χ0n) is 7.82. The van der Waals surface area contributed by atoms with Crippen molar-refractivity contribution in [3.8, 4) is 0 Å². The molecule has 1 rings (SSSR count). The summed E-state index contributed by atoms with van der Waals surface area (Å²) in [6.07, 6.45) is 5.24. The molecule has 0 unspecified atom stereocenters. The summed E-state index contributed by atoms with van der Waals surface area (Å²) in [5.74, 6) is 0. The fourth-order valence-corrected chi connectivity index (χ4v) is 2.65. The van der Waals surface area contributed by atoms with Crippen LogP contribution in [0.2, 0.25) is 0 Å². The van der Waals surface area contributed by atoms with Gasteiger partial charge in [-0.1, -0.05) is 19.3 Å². The highest BCUT2D eigenvalue weighted by atomic mass is 32.2. The minimum absolute atomic E-state index is 0.208. The fraction of sp³-hybridized carbons (Fsp3) is 1.00. The molecule has 0 bridgehead atoms. The first-order valence-corrected chi connectivity index (χ1v) is 6.31. The molecule has 0 radical (unpaired) electrons. The van der Waals surface area contributed by atoms with E-state index < -0.39 is 15.7 Å². The van der Waals surface area contributed by atoms with E-state index in [0.29, 0.717) is 12.8 Å². The maximum atomic E-state index is 10.9. The molecule has 0 saturated heterocycles. The third-order valence-electron chi connectivity index (χ3n) is 2.38. The molecule has 0 aliphatic heterocycles. The summed E-state index contributed by atoms with van der Waals surface area (Å²) in [6, 6.07) is 0. The van der Waals surface area contributed by atoms with E-state index >= 15 is 0 Å². The van der Waals surface area contributed by atoms with Gasteiger partial charge >= 0.3 is 0 Å². The van der Waals surface area contributed by atoms with Gasteiger partial charge < -0.3 is 5.11 Å². The van der Waals surface area contributed by atoms with Crippen LogP contribution in [0.1, 0.15) is 32.1 Å². The van der Waals surface area contributed by atoms with Crippen LogP contribution in [0.15, 0.2) is 0 Å². The second-order valence-electron chi connectivity index (χ2n) is 3.69. The van der Waals surface area contributed by atoms with Gasteiger partial charge in [-0.2, -0.15) is 8.42 Å². The smallest absolute Gasteiger partial charge is 0.265 e. The number of aliphatic hydroxyl groups excluding tert-OH is 1. The van der Waals surface area contributed by atoms with Gasteiger partial charge in [-0.25, -0.2) is 0 Å². The normalized spacial score (nSPS) is 22.9. The average molecular weight is 208 g/mol. The molecule has 0 atom stereocenters. The highest BCUT2D eigenvalue weighted by molar-refractivity contribution is 7.86. The Labute approximate surface area is 79.0 Å². The zero-order valence-corrected chi connectivity index (χ0v) is 8.64. The second-order valence-corrected chi connectivity index (χ2v) is 5.26. The van der Waals surface area contributed by atoms with E-state index in [9.17, 15) is 8.42 Å². The fourth-order valence-electron chi connectivity index (χ4n) is 1.79. The lowest BCUT2D eigenvalue weighted by molar-refractivity contribution is -0.0139. The molecule has 0 amide bonds. The van der Waals surface area contributed by atoms with Crippen molar-refractivity contribution >= 4 is 10.1 Å². The molecule has 0 heterocycles. The summed E-state index contributed by atoms with van der Waals surface area (Å²) in [5, 5.41) is 9.12. The van der Waals surface area contributed by atoms with Crippen LogP contribution in [0, 0.1) is 0 Å². The van der Waals surface area contributed by atoms with Crippen LogP contribution < -0.4 is 0 Å². The number of hydrogen-bond donors (Lipinski definition) is 1. The van der Waals surface area contributed by atoms with Crippen molar-refractivity contribution < 1.29 is 17.7 Å². The highest BCUT2D eigenvalue weighted by Gasteiger charge is 2.35. The molecular formula is C8H16O4S.